The average Bonchev–Trinajstić information content (AvgIpc) is 3.24. The summed E-state index contributed by atoms with van der Waals surface area (Å²) in [6, 6.07) is 22.4. The number of para-hydroxylation sites is 3. The number of Topliss-reactive ketones (excluding diaryl/α,β-unsaturated/α-hetero) is 1. The lowest BCUT2D eigenvalue weighted by Crippen LogP contribution is -2.60. The Bertz CT molecular complexity index is 1840. The van der Waals surface area contributed by atoms with E-state index in [2.05, 4.69) is 10.6 Å². The highest BCUT2D eigenvalue weighted by molar-refractivity contribution is 6.55. The number of halogens is 1. The number of nitrogens with zero attached hydrogens (tertiary/aromatic N) is 3. The molecular formula is C30H24ClN5O5. The topological polar surface area (TPSA) is 115 Å². The molecule has 1 fully saturated rings. The molecular weight excluding hydrogens is 546 g/mol. The van der Waals surface area contributed by atoms with Gasteiger partial charge in [0.2, 0.25) is 0 Å². The summed E-state index contributed by atoms with van der Waals surface area (Å²) in [5.41, 5.74) is -0.646. The van der Waals surface area contributed by atoms with Crippen LogP contribution in [0, 0.1) is 6.92 Å². The number of amides is 1. The molecule has 4 aromatic rings. The van der Waals surface area contributed by atoms with Gasteiger partial charge in [-0.1, -0.05) is 54.1 Å². The molecule has 206 valence electrons. The molecule has 1 atom stereocenters. The summed E-state index contributed by atoms with van der Waals surface area (Å²) in [6.07, 6.45) is 0. The van der Waals surface area contributed by atoms with Gasteiger partial charge in [-0.15, -0.1) is 0 Å². The van der Waals surface area contributed by atoms with Crippen molar-refractivity contribution < 1.29 is 19.1 Å². The molecule has 3 aromatic carbocycles. The summed E-state index contributed by atoms with van der Waals surface area (Å²) >= 11 is 6.14. The van der Waals surface area contributed by atoms with Crippen LogP contribution in [0.25, 0.3) is 11.4 Å². The van der Waals surface area contributed by atoms with E-state index >= 15 is 0 Å². The van der Waals surface area contributed by atoms with E-state index in [1.165, 1.54) is 4.68 Å². The Morgan fingerprint density at radius 1 is 0.902 bits per heavy atom. The van der Waals surface area contributed by atoms with E-state index in [1.807, 2.05) is 6.07 Å². The van der Waals surface area contributed by atoms with Crippen molar-refractivity contribution in [1.82, 2.24) is 9.36 Å². The SMILES string of the molecule is COC(=O)C12Nc3ccccc3NC(c3ccc(Cl)cc3)=C1C(=O)C(=O)N2c1c(C)n(C)n(-c2ccccc2)c1=O. The molecule has 2 aliphatic rings. The van der Waals surface area contributed by atoms with Crippen molar-refractivity contribution >= 4 is 52.0 Å². The van der Waals surface area contributed by atoms with Gasteiger partial charge in [0.25, 0.3) is 17.0 Å². The third-order valence-electron chi connectivity index (χ3n) is 7.44. The number of methoxy groups -OCH3 is 1. The first kappa shape index (κ1) is 26.1. The summed E-state index contributed by atoms with van der Waals surface area (Å²) in [7, 11) is 2.82. The van der Waals surface area contributed by atoms with Crippen molar-refractivity contribution in [3.05, 3.63) is 111 Å². The zero-order valence-corrected chi connectivity index (χ0v) is 23.0. The monoisotopic (exact) mass is 569 g/mol. The summed E-state index contributed by atoms with van der Waals surface area (Å²) in [4.78, 5) is 57.1. The fourth-order valence-electron chi connectivity index (χ4n) is 5.45. The number of fused-ring (bicyclic) bond motifs is 2. The van der Waals surface area contributed by atoms with E-state index in [1.54, 1.807) is 91.4 Å². The number of ketones is 1. The number of anilines is 3. The summed E-state index contributed by atoms with van der Waals surface area (Å²) in [5, 5.41) is 6.84. The van der Waals surface area contributed by atoms with E-state index in [4.69, 9.17) is 16.3 Å². The molecule has 0 spiro atoms. The van der Waals surface area contributed by atoms with E-state index in [0.717, 1.165) is 12.0 Å². The molecule has 6 rings (SSSR count). The maximum absolute atomic E-state index is 14.1. The molecule has 1 aromatic heterocycles. The van der Waals surface area contributed by atoms with Crippen LogP contribution < -0.4 is 21.1 Å². The zero-order valence-electron chi connectivity index (χ0n) is 22.3. The van der Waals surface area contributed by atoms with Gasteiger partial charge in [-0.05, 0) is 48.9 Å². The number of carbonyl (C=O) groups excluding carboxylic acids is 3. The highest BCUT2D eigenvalue weighted by atomic mass is 35.5. The Labute approximate surface area is 239 Å². The second-order valence-electron chi connectivity index (χ2n) is 9.63. The fourth-order valence-corrected chi connectivity index (χ4v) is 5.57. The number of carbonyl (C=O) groups is 3. The van der Waals surface area contributed by atoms with Crippen LogP contribution in [0.3, 0.4) is 0 Å². The van der Waals surface area contributed by atoms with Crippen LogP contribution in [0.5, 0.6) is 0 Å². The molecule has 1 unspecified atom stereocenters. The van der Waals surface area contributed by atoms with E-state index in [-0.39, 0.29) is 17.0 Å². The van der Waals surface area contributed by atoms with Crippen LogP contribution in [0.2, 0.25) is 5.02 Å². The van der Waals surface area contributed by atoms with Crippen molar-refractivity contribution in [2.45, 2.75) is 12.6 Å². The van der Waals surface area contributed by atoms with Crippen LogP contribution in [-0.4, -0.2) is 39.8 Å². The van der Waals surface area contributed by atoms with Gasteiger partial charge in [0.05, 0.1) is 41.1 Å². The van der Waals surface area contributed by atoms with Crippen LogP contribution in [0.4, 0.5) is 17.1 Å². The first-order valence-corrected chi connectivity index (χ1v) is 13.0. The largest absolute Gasteiger partial charge is 0.466 e. The highest BCUT2D eigenvalue weighted by Crippen LogP contribution is 2.46. The first-order chi connectivity index (χ1) is 19.7. The fraction of sp³-hybridized carbons (Fsp3) is 0.133. The normalized spacial score (nSPS) is 17.9. The Hall–Kier alpha value is -5.09. The highest BCUT2D eigenvalue weighted by Gasteiger charge is 2.65. The molecule has 10 nitrogen and oxygen atoms in total. The van der Waals surface area contributed by atoms with Crippen LogP contribution in [0.15, 0.2) is 89.2 Å². The van der Waals surface area contributed by atoms with Gasteiger partial charge in [0.15, 0.2) is 0 Å². The Morgan fingerprint density at radius 2 is 1.54 bits per heavy atom. The minimum Gasteiger partial charge on any atom is -0.466 e. The van der Waals surface area contributed by atoms with E-state index < -0.39 is 28.9 Å². The third-order valence-corrected chi connectivity index (χ3v) is 7.69. The van der Waals surface area contributed by atoms with Crippen molar-refractivity contribution in [2.24, 2.45) is 7.05 Å². The van der Waals surface area contributed by atoms with Gasteiger partial charge in [0, 0.05) is 12.1 Å². The van der Waals surface area contributed by atoms with Gasteiger partial charge in [-0.2, -0.15) is 0 Å². The predicted octanol–water partition coefficient (Wildman–Crippen LogP) is 3.87. The molecule has 0 radical (unpaired) electrons. The lowest BCUT2D eigenvalue weighted by molar-refractivity contribution is -0.145. The number of benzene rings is 3. The zero-order chi connectivity index (χ0) is 29.1. The summed E-state index contributed by atoms with van der Waals surface area (Å²) in [5.74, 6) is -2.98. The minimum atomic E-state index is -2.22. The molecule has 3 heterocycles. The van der Waals surface area contributed by atoms with Gasteiger partial charge >= 0.3 is 11.9 Å². The molecule has 41 heavy (non-hydrogen) atoms. The molecule has 0 saturated carbocycles. The van der Waals surface area contributed by atoms with E-state index in [0.29, 0.717) is 33.3 Å². The first-order valence-electron chi connectivity index (χ1n) is 12.7. The van der Waals surface area contributed by atoms with Crippen molar-refractivity contribution in [3.63, 3.8) is 0 Å². The number of hydrogen-bond donors (Lipinski definition) is 2. The number of nitrogens with one attached hydrogen (secondary N) is 2. The maximum atomic E-state index is 14.1. The second kappa shape index (κ2) is 9.53. The molecule has 1 amide bonds. The number of aromatic nitrogens is 2. The van der Waals surface area contributed by atoms with Crippen LogP contribution >= 0.6 is 11.6 Å². The van der Waals surface area contributed by atoms with Gasteiger partial charge < -0.3 is 15.4 Å². The Kier molecular flexibility index (Phi) is 6.08. The summed E-state index contributed by atoms with van der Waals surface area (Å²) in [6.45, 7) is 1.64. The van der Waals surface area contributed by atoms with Gasteiger partial charge in [-0.25, -0.2) is 9.48 Å². The lowest BCUT2D eigenvalue weighted by Gasteiger charge is -2.36. The van der Waals surface area contributed by atoms with Crippen LogP contribution in [-0.2, 0) is 26.2 Å². The average molecular weight is 570 g/mol. The number of rotatable bonds is 4. The summed E-state index contributed by atoms with van der Waals surface area (Å²) < 4.78 is 8.21. The standard InChI is InChI=1S/C30H24ClN5O5/c1-17-25(27(38)36(34(17)2)20-9-5-4-6-10-20)35-28(39)26(37)23-24(18-13-15-19(31)16-14-18)32-21-11-7-8-12-22(21)33-30(23,35)29(40)41-3/h4-16,32-33H,1-3H3. The molecule has 11 heteroatoms. The van der Waals surface area contributed by atoms with Crippen molar-refractivity contribution in [2.75, 3.05) is 22.6 Å². The van der Waals surface area contributed by atoms with Gasteiger partial charge in [0.1, 0.15) is 5.69 Å². The number of ether oxygens (including phenoxy) is 1. The maximum Gasteiger partial charge on any atom is 0.358 e. The predicted molar refractivity (Wildman–Crippen MR) is 155 cm³/mol. The Balaban J connectivity index is 1.72. The van der Waals surface area contributed by atoms with E-state index in [9.17, 15) is 19.2 Å². The molecule has 0 aliphatic carbocycles. The minimum absolute atomic E-state index is 0.141. The lowest BCUT2D eigenvalue weighted by atomic mass is 9.93. The van der Waals surface area contributed by atoms with Crippen LogP contribution in [0.1, 0.15) is 11.3 Å². The Morgan fingerprint density at radius 3 is 2.20 bits per heavy atom. The second-order valence-corrected chi connectivity index (χ2v) is 10.1. The number of esters is 1. The molecule has 1 saturated heterocycles. The number of hydrogen-bond acceptors (Lipinski definition) is 7. The molecule has 2 N–H and O–H groups in total. The van der Waals surface area contributed by atoms with Gasteiger partial charge in [-0.3, -0.25) is 24.0 Å². The molecule has 2 aliphatic heterocycles. The quantitative estimate of drug-likeness (QED) is 0.283. The molecule has 0 bridgehead atoms. The van der Waals surface area contributed by atoms with Crippen molar-refractivity contribution in [1.29, 1.82) is 0 Å². The third kappa shape index (κ3) is 3.71. The smallest absolute Gasteiger partial charge is 0.358 e. The van der Waals surface area contributed by atoms with Crippen molar-refractivity contribution in [3.8, 4) is 5.69 Å².